The topological polar surface area (TPSA) is 84.9 Å². The first-order valence-corrected chi connectivity index (χ1v) is 8.35. The van der Waals surface area contributed by atoms with Crippen molar-refractivity contribution < 1.29 is 9.53 Å². The number of carbonyl (C=O) groups excluding carboxylic acids is 1. The third-order valence-corrected chi connectivity index (χ3v) is 4.15. The van der Waals surface area contributed by atoms with Gasteiger partial charge in [-0.2, -0.15) is 0 Å². The highest BCUT2D eigenvalue weighted by Gasteiger charge is 2.15. The lowest BCUT2D eigenvalue weighted by Gasteiger charge is -2.11. The zero-order valence-electron chi connectivity index (χ0n) is 14.3. The highest BCUT2D eigenvalue weighted by atomic mass is 16.5. The summed E-state index contributed by atoms with van der Waals surface area (Å²) in [5.74, 6) is 0.173. The van der Waals surface area contributed by atoms with Gasteiger partial charge in [0.25, 0.3) is 5.56 Å². The van der Waals surface area contributed by atoms with Gasteiger partial charge in [-0.25, -0.2) is 4.98 Å². The molecule has 2 aromatic carbocycles. The number of benzene rings is 2. The Morgan fingerprint density at radius 2 is 1.78 bits per heavy atom. The minimum absolute atomic E-state index is 0.216. The van der Waals surface area contributed by atoms with Gasteiger partial charge in [0, 0.05) is 23.5 Å². The van der Waals surface area contributed by atoms with Gasteiger partial charge in [-0.3, -0.25) is 14.6 Å². The fourth-order valence-corrected chi connectivity index (χ4v) is 2.79. The van der Waals surface area contributed by atoms with Crippen LogP contribution in [0.5, 0.6) is 5.75 Å². The molecular weight excluding hydrogens is 342 g/mol. The Labute approximate surface area is 154 Å². The Bertz CT molecular complexity index is 1160. The Hall–Kier alpha value is -3.80. The van der Waals surface area contributed by atoms with Crippen molar-refractivity contribution in [3.63, 3.8) is 0 Å². The van der Waals surface area contributed by atoms with Crippen LogP contribution < -0.4 is 10.3 Å². The molecule has 0 fully saturated rings. The van der Waals surface area contributed by atoms with Crippen LogP contribution in [0.25, 0.3) is 10.9 Å². The van der Waals surface area contributed by atoms with Gasteiger partial charge in [0.15, 0.2) is 5.78 Å². The van der Waals surface area contributed by atoms with E-state index in [2.05, 4.69) is 15.0 Å². The molecule has 27 heavy (non-hydrogen) atoms. The fourth-order valence-electron chi connectivity index (χ4n) is 2.79. The molecule has 0 spiro atoms. The summed E-state index contributed by atoms with van der Waals surface area (Å²) >= 11 is 0. The lowest BCUT2D eigenvalue weighted by molar-refractivity contribution is 0.103. The van der Waals surface area contributed by atoms with Gasteiger partial charge in [0.1, 0.15) is 17.9 Å². The van der Waals surface area contributed by atoms with Crippen molar-refractivity contribution in [1.82, 2.24) is 15.0 Å². The second-order valence-corrected chi connectivity index (χ2v) is 5.94. The van der Waals surface area contributed by atoms with Crippen molar-refractivity contribution in [3.05, 3.63) is 100 Å². The van der Waals surface area contributed by atoms with Crippen LogP contribution in [0.3, 0.4) is 0 Å². The molecule has 0 radical (unpaired) electrons. The number of ether oxygens (including phenoxy) is 1. The molecule has 4 aromatic rings. The molecule has 0 unspecified atom stereocenters. The van der Waals surface area contributed by atoms with Crippen LogP contribution in [-0.4, -0.2) is 20.7 Å². The second-order valence-electron chi connectivity index (χ2n) is 5.94. The van der Waals surface area contributed by atoms with Crippen LogP contribution in [-0.2, 0) is 6.61 Å². The summed E-state index contributed by atoms with van der Waals surface area (Å²) in [6.07, 6.45) is 4.43. The summed E-state index contributed by atoms with van der Waals surface area (Å²) < 4.78 is 5.91. The first-order chi connectivity index (χ1) is 13.2. The molecule has 2 heterocycles. The molecule has 0 bridgehead atoms. The second kappa shape index (κ2) is 7.21. The SMILES string of the molecule is O=C(c1ccncc1)c1cc(OCc2ccccc2)c2nc[nH]c(=O)c2c1. The molecule has 132 valence electrons. The molecule has 6 nitrogen and oxygen atoms in total. The van der Waals surface area contributed by atoms with Crippen molar-refractivity contribution in [3.8, 4) is 5.75 Å². The molecule has 0 amide bonds. The van der Waals surface area contributed by atoms with E-state index < -0.39 is 0 Å². The lowest BCUT2D eigenvalue weighted by atomic mass is 10.0. The predicted molar refractivity (Wildman–Crippen MR) is 101 cm³/mol. The molecule has 0 aliphatic rings. The number of H-pyrrole nitrogens is 1. The van der Waals surface area contributed by atoms with E-state index in [4.69, 9.17) is 4.74 Å². The molecule has 0 atom stereocenters. The largest absolute Gasteiger partial charge is 0.487 e. The molecular formula is C21H15N3O3. The van der Waals surface area contributed by atoms with Crippen LogP contribution in [0.15, 0.2) is 78.1 Å². The average molecular weight is 357 g/mol. The normalized spacial score (nSPS) is 10.7. The van der Waals surface area contributed by atoms with Crippen LogP contribution in [0, 0.1) is 0 Å². The molecule has 0 saturated carbocycles. The fraction of sp³-hybridized carbons (Fsp3) is 0.0476. The van der Waals surface area contributed by atoms with Gasteiger partial charge in [0.05, 0.1) is 11.7 Å². The third-order valence-electron chi connectivity index (χ3n) is 4.15. The van der Waals surface area contributed by atoms with Crippen LogP contribution in [0.2, 0.25) is 0 Å². The summed E-state index contributed by atoms with van der Waals surface area (Å²) in [6, 6.07) is 16.1. The first kappa shape index (κ1) is 16.7. The van der Waals surface area contributed by atoms with Gasteiger partial charge in [-0.05, 0) is 29.8 Å². The number of aromatic nitrogens is 3. The smallest absolute Gasteiger partial charge is 0.258 e. The number of rotatable bonds is 5. The molecule has 2 aromatic heterocycles. The standard InChI is InChI=1S/C21H15N3O3/c25-20(15-6-8-22-9-7-15)16-10-17-19(23-13-24-21(17)26)18(11-16)27-12-14-4-2-1-3-5-14/h1-11,13H,12H2,(H,23,24,26). The van der Waals surface area contributed by atoms with E-state index in [1.165, 1.54) is 6.33 Å². The van der Waals surface area contributed by atoms with Gasteiger partial charge < -0.3 is 9.72 Å². The van der Waals surface area contributed by atoms with Crippen LogP contribution in [0.1, 0.15) is 21.5 Å². The van der Waals surface area contributed by atoms with Crippen molar-refractivity contribution in [2.45, 2.75) is 6.61 Å². The predicted octanol–water partition coefficient (Wildman–Crippen LogP) is 3.13. The number of hydrogen-bond acceptors (Lipinski definition) is 5. The lowest BCUT2D eigenvalue weighted by Crippen LogP contribution is -2.10. The van der Waals surface area contributed by atoms with E-state index >= 15 is 0 Å². The highest BCUT2D eigenvalue weighted by Crippen LogP contribution is 2.26. The maximum absolute atomic E-state index is 12.8. The van der Waals surface area contributed by atoms with Crippen LogP contribution >= 0.6 is 0 Å². The molecule has 0 saturated heterocycles. The number of aromatic amines is 1. The minimum atomic E-state index is -0.325. The summed E-state index contributed by atoms with van der Waals surface area (Å²) in [5, 5.41) is 0.306. The molecule has 6 heteroatoms. The number of hydrogen-bond donors (Lipinski definition) is 1. The summed E-state index contributed by atoms with van der Waals surface area (Å²) in [6.45, 7) is 0.303. The van der Waals surface area contributed by atoms with E-state index in [1.54, 1.807) is 36.7 Å². The van der Waals surface area contributed by atoms with E-state index in [0.29, 0.717) is 34.4 Å². The Morgan fingerprint density at radius 1 is 1.00 bits per heavy atom. The summed E-state index contributed by atoms with van der Waals surface area (Å²) in [4.78, 5) is 35.7. The third kappa shape index (κ3) is 3.46. The van der Waals surface area contributed by atoms with Crippen molar-refractivity contribution in [1.29, 1.82) is 0 Å². The van der Waals surface area contributed by atoms with Gasteiger partial charge >= 0.3 is 0 Å². The molecule has 0 aliphatic carbocycles. The van der Waals surface area contributed by atoms with Gasteiger partial charge in [-0.1, -0.05) is 30.3 Å². The molecule has 1 N–H and O–H groups in total. The average Bonchev–Trinajstić information content (AvgIpc) is 2.73. The molecule has 0 aliphatic heterocycles. The Morgan fingerprint density at radius 3 is 2.56 bits per heavy atom. The Kier molecular flexibility index (Phi) is 4.45. The molecule has 4 rings (SSSR count). The minimum Gasteiger partial charge on any atom is -0.487 e. The number of ketones is 1. The van der Waals surface area contributed by atoms with Crippen LogP contribution in [0.4, 0.5) is 0 Å². The number of carbonyl (C=O) groups is 1. The number of pyridine rings is 1. The zero-order chi connectivity index (χ0) is 18.6. The van der Waals surface area contributed by atoms with E-state index in [9.17, 15) is 9.59 Å². The van der Waals surface area contributed by atoms with Crippen molar-refractivity contribution in [2.75, 3.05) is 0 Å². The monoisotopic (exact) mass is 357 g/mol. The van der Waals surface area contributed by atoms with Gasteiger partial charge in [-0.15, -0.1) is 0 Å². The maximum Gasteiger partial charge on any atom is 0.258 e. The summed E-state index contributed by atoms with van der Waals surface area (Å²) in [5.41, 5.74) is 1.91. The zero-order valence-corrected chi connectivity index (χ0v) is 14.3. The van der Waals surface area contributed by atoms with Crippen molar-refractivity contribution >= 4 is 16.7 Å². The maximum atomic E-state index is 12.8. The highest BCUT2D eigenvalue weighted by molar-refractivity contribution is 6.11. The Balaban J connectivity index is 1.78. The van der Waals surface area contributed by atoms with E-state index in [1.807, 2.05) is 30.3 Å². The number of fused-ring (bicyclic) bond motifs is 1. The van der Waals surface area contributed by atoms with E-state index in [-0.39, 0.29) is 11.3 Å². The number of nitrogens with zero attached hydrogens (tertiary/aromatic N) is 2. The first-order valence-electron chi connectivity index (χ1n) is 8.35. The summed E-state index contributed by atoms with van der Waals surface area (Å²) in [7, 11) is 0. The van der Waals surface area contributed by atoms with Gasteiger partial charge in [0.2, 0.25) is 0 Å². The number of nitrogens with one attached hydrogen (secondary N) is 1. The van der Waals surface area contributed by atoms with Crippen molar-refractivity contribution in [2.24, 2.45) is 0 Å². The quantitative estimate of drug-likeness (QED) is 0.555. The van der Waals surface area contributed by atoms with E-state index in [0.717, 1.165) is 5.56 Å².